The fourth-order valence-corrected chi connectivity index (χ4v) is 3.59. The molecule has 1 unspecified atom stereocenters. The van der Waals surface area contributed by atoms with E-state index in [1.165, 1.54) is 9.75 Å². The summed E-state index contributed by atoms with van der Waals surface area (Å²) in [5.41, 5.74) is 1.73. The van der Waals surface area contributed by atoms with Crippen LogP contribution in [-0.2, 0) is 6.42 Å². The molecule has 2 heterocycles. The largest absolute Gasteiger partial charge is 0.478 e. The number of hydrogen-bond acceptors (Lipinski definition) is 3. The molecular formula is C16H16N2O2S. The Labute approximate surface area is 126 Å². The number of benzene rings is 1. The number of aryl methyl sites for hydroxylation is 1. The molecule has 1 aromatic carbocycles. The number of carboxylic acids is 1. The molecule has 0 aliphatic rings. The van der Waals surface area contributed by atoms with E-state index in [4.69, 9.17) is 0 Å². The smallest absolute Gasteiger partial charge is 0.337 e. The van der Waals surface area contributed by atoms with Crippen molar-refractivity contribution in [2.24, 2.45) is 0 Å². The number of para-hydroxylation sites is 1. The Morgan fingerprint density at radius 2 is 2.19 bits per heavy atom. The van der Waals surface area contributed by atoms with Gasteiger partial charge < -0.3 is 9.67 Å². The molecule has 1 N–H and O–H groups in total. The number of carboxylic acid groups (broad SMARTS) is 1. The molecule has 2 aromatic heterocycles. The van der Waals surface area contributed by atoms with Crippen LogP contribution in [0.2, 0.25) is 0 Å². The first-order valence-electron chi connectivity index (χ1n) is 6.80. The maximum atomic E-state index is 11.4. The zero-order valence-electron chi connectivity index (χ0n) is 11.9. The Morgan fingerprint density at radius 3 is 2.86 bits per heavy atom. The summed E-state index contributed by atoms with van der Waals surface area (Å²) in [6.07, 6.45) is 2.61. The molecule has 4 nitrogen and oxygen atoms in total. The van der Waals surface area contributed by atoms with E-state index in [2.05, 4.69) is 31.0 Å². The van der Waals surface area contributed by atoms with E-state index in [1.807, 2.05) is 10.6 Å². The van der Waals surface area contributed by atoms with Crippen molar-refractivity contribution in [3.63, 3.8) is 0 Å². The maximum absolute atomic E-state index is 11.4. The summed E-state index contributed by atoms with van der Waals surface area (Å²) in [6.45, 7) is 4.18. The molecule has 0 radical (unpaired) electrons. The number of hydrogen-bond donors (Lipinski definition) is 1. The molecule has 0 bridgehead atoms. The van der Waals surface area contributed by atoms with Gasteiger partial charge in [0.15, 0.2) is 0 Å². The topological polar surface area (TPSA) is 55.1 Å². The van der Waals surface area contributed by atoms with Crippen molar-refractivity contribution in [1.29, 1.82) is 0 Å². The second-order valence-electron chi connectivity index (χ2n) is 5.20. The summed E-state index contributed by atoms with van der Waals surface area (Å²) >= 11 is 1.78. The number of aromatic nitrogens is 2. The van der Waals surface area contributed by atoms with E-state index in [0.29, 0.717) is 11.1 Å². The molecule has 3 aromatic rings. The highest BCUT2D eigenvalue weighted by atomic mass is 32.1. The van der Waals surface area contributed by atoms with Gasteiger partial charge in [-0.05, 0) is 38.1 Å². The minimum atomic E-state index is -0.915. The third-order valence-electron chi connectivity index (χ3n) is 3.59. The Balaban J connectivity index is 2.01. The van der Waals surface area contributed by atoms with Crippen molar-refractivity contribution in [3.8, 4) is 0 Å². The average Bonchev–Trinajstić information content (AvgIpc) is 3.04. The summed E-state index contributed by atoms with van der Waals surface area (Å²) in [6, 6.07) is 9.62. The summed E-state index contributed by atoms with van der Waals surface area (Å²) in [5, 5.41) is 9.36. The van der Waals surface area contributed by atoms with Crippen LogP contribution in [-0.4, -0.2) is 20.6 Å². The van der Waals surface area contributed by atoms with Crippen molar-refractivity contribution in [1.82, 2.24) is 9.55 Å². The Bertz CT molecular complexity index is 804. The number of thiophene rings is 1. The lowest BCUT2D eigenvalue weighted by Gasteiger charge is -2.14. The molecule has 5 heteroatoms. The zero-order valence-corrected chi connectivity index (χ0v) is 12.7. The zero-order chi connectivity index (χ0) is 15.0. The van der Waals surface area contributed by atoms with Crippen LogP contribution < -0.4 is 0 Å². The van der Waals surface area contributed by atoms with Crippen LogP contribution >= 0.6 is 11.3 Å². The second kappa shape index (κ2) is 5.33. The number of nitrogens with zero attached hydrogens (tertiary/aromatic N) is 2. The predicted octanol–water partition coefficient (Wildman–Crippen LogP) is 3.91. The van der Waals surface area contributed by atoms with Gasteiger partial charge in [0.05, 0.1) is 22.9 Å². The normalized spacial score (nSPS) is 12.7. The van der Waals surface area contributed by atoms with Gasteiger partial charge >= 0.3 is 5.97 Å². The van der Waals surface area contributed by atoms with Gasteiger partial charge in [-0.15, -0.1) is 11.3 Å². The lowest BCUT2D eigenvalue weighted by Crippen LogP contribution is -2.09. The lowest BCUT2D eigenvalue weighted by molar-refractivity contribution is 0.0698. The minimum Gasteiger partial charge on any atom is -0.478 e. The quantitative estimate of drug-likeness (QED) is 0.795. The summed E-state index contributed by atoms with van der Waals surface area (Å²) in [5.74, 6) is -0.915. The highest BCUT2D eigenvalue weighted by Gasteiger charge is 2.17. The van der Waals surface area contributed by atoms with Crippen LogP contribution in [0.3, 0.4) is 0 Å². The molecule has 0 spiro atoms. The molecule has 0 fully saturated rings. The highest BCUT2D eigenvalue weighted by molar-refractivity contribution is 7.11. The number of imidazole rings is 1. The standard InChI is InChI=1S/C16H16N2O2S/c1-10(8-12-7-6-11(2)21-12)18-9-17-14-5-3-4-13(15(14)18)16(19)20/h3-7,9-10H,8H2,1-2H3,(H,19,20). The van der Waals surface area contributed by atoms with Gasteiger partial charge in [0, 0.05) is 22.2 Å². The minimum absolute atomic E-state index is 0.161. The van der Waals surface area contributed by atoms with E-state index in [-0.39, 0.29) is 6.04 Å². The van der Waals surface area contributed by atoms with Gasteiger partial charge in [0.25, 0.3) is 0 Å². The van der Waals surface area contributed by atoms with E-state index < -0.39 is 5.97 Å². The molecule has 0 aliphatic heterocycles. The molecule has 0 saturated heterocycles. The number of rotatable bonds is 4. The van der Waals surface area contributed by atoms with Crippen LogP contribution in [0.4, 0.5) is 0 Å². The first-order valence-corrected chi connectivity index (χ1v) is 7.62. The SMILES string of the molecule is Cc1ccc(CC(C)n2cnc3cccc(C(=O)O)c32)s1. The van der Waals surface area contributed by atoms with Crippen molar-refractivity contribution in [3.05, 3.63) is 52.0 Å². The van der Waals surface area contributed by atoms with Crippen LogP contribution in [0.5, 0.6) is 0 Å². The summed E-state index contributed by atoms with van der Waals surface area (Å²) in [7, 11) is 0. The van der Waals surface area contributed by atoms with Crippen molar-refractivity contribution < 1.29 is 9.90 Å². The van der Waals surface area contributed by atoms with E-state index in [0.717, 1.165) is 11.9 Å². The number of aromatic carboxylic acids is 1. The van der Waals surface area contributed by atoms with Gasteiger partial charge in [-0.25, -0.2) is 9.78 Å². The molecule has 108 valence electrons. The Morgan fingerprint density at radius 1 is 1.38 bits per heavy atom. The predicted molar refractivity (Wildman–Crippen MR) is 84.2 cm³/mol. The van der Waals surface area contributed by atoms with Crippen molar-refractivity contribution in [2.45, 2.75) is 26.3 Å². The molecule has 3 rings (SSSR count). The van der Waals surface area contributed by atoms with Gasteiger partial charge in [0.2, 0.25) is 0 Å². The molecule has 0 saturated carbocycles. The van der Waals surface area contributed by atoms with Crippen LogP contribution in [0.1, 0.15) is 33.1 Å². The van der Waals surface area contributed by atoms with Crippen molar-refractivity contribution >= 4 is 28.3 Å². The molecule has 0 aliphatic carbocycles. The highest BCUT2D eigenvalue weighted by Crippen LogP contribution is 2.26. The van der Waals surface area contributed by atoms with Crippen molar-refractivity contribution in [2.75, 3.05) is 0 Å². The summed E-state index contributed by atoms with van der Waals surface area (Å²) in [4.78, 5) is 18.3. The second-order valence-corrected chi connectivity index (χ2v) is 6.57. The molecule has 21 heavy (non-hydrogen) atoms. The lowest BCUT2D eigenvalue weighted by atomic mass is 10.1. The number of fused-ring (bicyclic) bond motifs is 1. The first-order chi connectivity index (χ1) is 10.1. The third-order valence-corrected chi connectivity index (χ3v) is 4.62. The fraction of sp³-hybridized carbons (Fsp3) is 0.250. The first kappa shape index (κ1) is 13.8. The number of carbonyl (C=O) groups is 1. The van der Waals surface area contributed by atoms with Crippen LogP contribution in [0.15, 0.2) is 36.7 Å². The summed E-state index contributed by atoms with van der Waals surface area (Å²) < 4.78 is 1.97. The van der Waals surface area contributed by atoms with E-state index in [1.54, 1.807) is 29.8 Å². The third kappa shape index (κ3) is 2.56. The monoisotopic (exact) mass is 300 g/mol. The Kier molecular flexibility index (Phi) is 3.51. The average molecular weight is 300 g/mol. The Hall–Kier alpha value is -2.14. The van der Waals surface area contributed by atoms with Gasteiger partial charge in [-0.2, -0.15) is 0 Å². The fourth-order valence-electron chi connectivity index (χ4n) is 2.58. The molecular weight excluding hydrogens is 284 g/mol. The van der Waals surface area contributed by atoms with Gasteiger partial charge in [-0.3, -0.25) is 0 Å². The van der Waals surface area contributed by atoms with Crippen LogP contribution in [0.25, 0.3) is 11.0 Å². The van der Waals surface area contributed by atoms with E-state index in [9.17, 15) is 9.90 Å². The maximum Gasteiger partial charge on any atom is 0.337 e. The molecule has 1 atom stereocenters. The molecule has 0 amide bonds. The van der Waals surface area contributed by atoms with Gasteiger partial charge in [0.1, 0.15) is 0 Å². The van der Waals surface area contributed by atoms with Crippen LogP contribution in [0, 0.1) is 6.92 Å². The van der Waals surface area contributed by atoms with E-state index >= 15 is 0 Å². The van der Waals surface area contributed by atoms with Gasteiger partial charge in [-0.1, -0.05) is 6.07 Å².